The molecule has 0 aliphatic carbocycles. The summed E-state index contributed by atoms with van der Waals surface area (Å²) in [6.45, 7) is 1.56. The number of carbonyl (C=O) groups is 2. The largest absolute Gasteiger partial charge is 0.480 e. The van der Waals surface area contributed by atoms with Crippen LogP contribution < -0.4 is 5.69 Å². The number of rotatable bonds is 4. The van der Waals surface area contributed by atoms with E-state index in [1.807, 2.05) is 23.1 Å². The van der Waals surface area contributed by atoms with Crippen molar-refractivity contribution in [1.29, 1.82) is 0 Å². The normalized spacial score (nSPS) is 21.8. The summed E-state index contributed by atoms with van der Waals surface area (Å²) < 4.78 is 3.70. The van der Waals surface area contributed by atoms with Crippen LogP contribution in [0.5, 0.6) is 0 Å². The Morgan fingerprint density at radius 2 is 1.90 bits per heavy atom. The smallest absolute Gasteiger partial charge is 0.433 e. The number of benzene rings is 1. The minimum Gasteiger partial charge on any atom is -0.480 e. The third kappa shape index (κ3) is 3.62. The molecular formula is C20H25N4O5+. The second kappa shape index (κ2) is 7.55. The van der Waals surface area contributed by atoms with Crippen LogP contribution in [0, 0.1) is 4.91 Å². The molecule has 2 aromatic rings. The van der Waals surface area contributed by atoms with E-state index < -0.39 is 11.9 Å². The van der Waals surface area contributed by atoms with E-state index in [0.29, 0.717) is 17.1 Å². The fourth-order valence-electron chi connectivity index (χ4n) is 4.61. The van der Waals surface area contributed by atoms with Crippen molar-refractivity contribution in [2.24, 2.45) is 7.05 Å². The van der Waals surface area contributed by atoms with Crippen LogP contribution in [0.2, 0.25) is 0 Å². The van der Waals surface area contributed by atoms with Crippen LogP contribution in [-0.2, 0) is 16.6 Å². The number of hydrogen-bond donors (Lipinski definition) is 1. The maximum absolute atomic E-state index is 12.9. The number of piperidine rings is 2. The molecule has 1 N–H and O–H groups in total. The van der Waals surface area contributed by atoms with Crippen molar-refractivity contribution in [3.8, 4) is 0 Å². The minimum absolute atomic E-state index is 0.00163. The molecule has 3 heterocycles. The predicted molar refractivity (Wildman–Crippen MR) is 105 cm³/mol. The molecule has 2 saturated heterocycles. The summed E-state index contributed by atoms with van der Waals surface area (Å²) in [4.78, 5) is 49.0. The minimum atomic E-state index is -0.803. The Morgan fingerprint density at radius 1 is 1.17 bits per heavy atom. The molecule has 1 atom stereocenters. The number of carbonyl (C=O) groups excluding carboxylic acids is 1. The molecular weight excluding hydrogens is 376 g/mol. The van der Waals surface area contributed by atoms with Crippen LogP contribution in [0.3, 0.4) is 0 Å². The molecule has 9 heteroatoms. The van der Waals surface area contributed by atoms with Crippen LogP contribution in [0.1, 0.15) is 43.2 Å². The summed E-state index contributed by atoms with van der Waals surface area (Å²) in [5.74, 6) is -0.902. The van der Waals surface area contributed by atoms with Gasteiger partial charge in [-0.1, -0.05) is 6.07 Å². The number of nitrogens with zero attached hydrogens (tertiary/aromatic N) is 4. The van der Waals surface area contributed by atoms with Gasteiger partial charge in [-0.15, -0.1) is 0 Å². The zero-order chi connectivity index (χ0) is 20.7. The maximum Gasteiger partial charge on any atom is 0.433 e. The van der Waals surface area contributed by atoms with Crippen molar-refractivity contribution in [2.75, 3.05) is 26.2 Å². The van der Waals surface area contributed by atoms with Gasteiger partial charge >= 0.3 is 17.6 Å². The molecule has 1 aromatic heterocycles. The average Bonchev–Trinajstić information content (AvgIpc) is 2.94. The fraction of sp³-hybridized carbons (Fsp3) is 0.550. The van der Waals surface area contributed by atoms with Crippen molar-refractivity contribution in [2.45, 2.75) is 37.6 Å². The monoisotopic (exact) mass is 401 g/mol. The Morgan fingerprint density at radius 3 is 2.55 bits per heavy atom. The average molecular weight is 401 g/mol. The molecule has 9 nitrogen and oxygen atoms in total. The molecule has 2 aliphatic heterocycles. The van der Waals surface area contributed by atoms with Crippen molar-refractivity contribution >= 4 is 22.9 Å². The van der Waals surface area contributed by atoms with Crippen LogP contribution in [0.4, 0.5) is 0 Å². The SMILES string of the molecule is Cn1c(=O)n(C2CCC(=O)[N+](=O)C2)c2ccc(C3CCN(CC(=O)O)CC3)cc21. The summed E-state index contributed by atoms with van der Waals surface area (Å²) in [6.07, 6.45) is 2.40. The van der Waals surface area contributed by atoms with Gasteiger partial charge in [-0.25, -0.2) is 9.59 Å². The van der Waals surface area contributed by atoms with Gasteiger partial charge in [0.05, 0.1) is 28.8 Å². The topological polar surface area (TPSA) is 105 Å². The highest BCUT2D eigenvalue weighted by molar-refractivity contribution is 5.77. The first kappa shape index (κ1) is 19.5. The van der Waals surface area contributed by atoms with Gasteiger partial charge in [-0.2, -0.15) is 0 Å². The lowest BCUT2D eigenvalue weighted by atomic mass is 9.89. The van der Waals surface area contributed by atoms with Crippen molar-refractivity contribution < 1.29 is 19.5 Å². The van der Waals surface area contributed by atoms with Crippen LogP contribution in [-0.4, -0.2) is 62.0 Å². The molecule has 2 aliphatic rings. The van der Waals surface area contributed by atoms with Crippen LogP contribution >= 0.6 is 0 Å². The molecule has 0 spiro atoms. The Bertz CT molecular complexity index is 1050. The van der Waals surface area contributed by atoms with Crippen molar-refractivity contribution in [3.05, 3.63) is 39.2 Å². The molecule has 0 radical (unpaired) electrons. The number of aliphatic carboxylic acids is 1. The van der Waals surface area contributed by atoms with Gasteiger partial charge in [0.2, 0.25) is 6.54 Å². The van der Waals surface area contributed by atoms with Gasteiger partial charge in [0, 0.05) is 12.0 Å². The van der Waals surface area contributed by atoms with E-state index >= 15 is 0 Å². The third-order valence-corrected chi connectivity index (χ3v) is 6.24. The van der Waals surface area contributed by atoms with Crippen LogP contribution in [0.25, 0.3) is 11.0 Å². The van der Waals surface area contributed by atoms with E-state index in [4.69, 9.17) is 5.11 Å². The lowest BCUT2D eigenvalue weighted by Gasteiger charge is -2.31. The lowest BCUT2D eigenvalue weighted by molar-refractivity contribution is -0.482. The van der Waals surface area contributed by atoms with Crippen LogP contribution in [0.15, 0.2) is 23.0 Å². The molecule has 154 valence electrons. The Balaban J connectivity index is 1.60. The van der Waals surface area contributed by atoms with E-state index in [2.05, 4.69) is 0 Å². The molecule has 1 aromatic carbocycles. The van der Waals surface area contributed by atoms with Crippen molar-refractivity contribution in [1.82, 2.24) is 14.0 Å². The molecule has 29 heavy (non-hydrogen) atoms. The Labute approximate surface area is 167 Å². The number of carboxylic acids is 1. The molecule has 2 fully saturated rings. The number of carboxylic acid groups (broad SMARTS) is 1. The number of aromatic nitrogens is 2. The molecule has 0 bridgehead atoms. The molecule has 1 unspecified atom stereocenters. The predicted octanol–water partition coefficient (Wildman–Crippen LogP) is 1.24. The quantitative estimate of drug-likeness (QED) is 0.773. The van der Waals surface area contributed by atoms with E-state index in [9.17, 15) is 19.3 Å². The zero-order valence-corrected chi connectivity index (χ0v) is 16.4. The van der Waals surface area contributed by atoms with Gasteiger partial charge in [-0.3, -0.25) is 18.8 Å². The maximum atomic E-state index is 12.9. The first-order valence-corrected chi connectivity index (χ1v) is 9.97. The van der Waals surface area contributed by atoms with E-state index in [1.54, 1.807) is 16.2 Å². The lowest BCUT2D eigenvalue weighted by Crippen LogP contribution is -2.37. The highest BCUT2D eigenvalue weighted by Crippen LogP contribution is 2.31. The molecule has 0 saturated carbocycles. The second-order valence-electron chi connectivity index (χ2n) is 8.05. The number of imidazole rings is 1. The van der Waals surface area contributed by atoms with Crippen molar-refractivity contribution in [3.63, 3.8) is 0 Å². The number of aryl methyl sites for hydroxylation is 1. The van der Waals surface area contributed by atoms with E-state index in [0.717, 1.165) is 42.5 Å². The Hall–Kier alpha value is -2.81. The van der Waals surface area contributed by atoms with Gasteiger partial charge in [-0.05, 0) is 56.0 Å². The third-order valence-electron chi connectivity index (χ3n) is 6.24. The number of nitroso groups, excluding NO2 is 1. The number of hydrogen-bond acceptors (Lipinski definition) is 5. The zero-order valence-electron chi connectivity index (χ0n) is 16.4. The Kier molecular flexibility index (Phi) is 5.08. The van der Waals surface area contributed by atoms with Gasteiger partial charge in [0.25, 0.3) is 0 Å². The number of fused-ring (bicyclic) bond motifs is 1. The highest BCUT2D eigenvalue weighted by atomic mass is 16.4. The number of likely N-dealkylation sites (tertiary alicyclic amines) is 1. The fourth-order valence-corrected chi connectivity index (χ4v) is 4.61. The summed E-state index contributed by atoms with van der Waals surface area (Å²) in [5, 5.41) is 8.95. The molecule has 1 amide bonds. The standard InChI is InChI=1S/C20H24N4O5/c1-21-17-10-14(13-6-8-22(9-7-13)12-19(26)27)2-4-16(17)24(20(21)28)15-3-5-18(25)23(29)11-15/h2,4,10,13,15H,3,5-9,11-12H2,1H3/p+1. The summed E-state index contributed by atoms with van der Waals surface area (Å²) >= 11 is 0. The van der Waals surface area contributed by atoms with E-state index in [1.165, 1.54) is 0 Å². The number of amides is 1. The van der Waals surface area contributed by atoms with Gasteiger partial charge in [0.15, 0.2) is 0 Å². The first-order chi connectivity index (χ1) is 13.8. The molecule has 4 rings (SSSR count). The van der Waals surface area contributed by atoms with E-state index in [-0.39, 0.29) is 31.2 Å². The highest BCUT2D eigenvalue weighted by Gasteiger charge is 2.36. The summed E-state index contributed by atoms with van der Waals surface area (Å²) in [7, 11) is 1.73. The van der Waals surface area contributed by atoms with Gasteiger partial charge < -0.3 is 5.11 Å². The summed E-state index contributed by atoms with van der Waals surface area (Å²) in [5.41, 5.74) is 2.55. The summed E-state index contributed by atoms with van der Waals surface area (Å²) in [6, 6.07) is 5.68. The first-order valence-electron chi connectivity index (χ1n) is 9.97. The second-order valence-corrected chi connectivity index (χ2v) is 8.05. The van der Waals surface area contributed by atoms with Gasteiger partial charge in [0.1, 0.15) is 6.04 Å².